The second-order valence-electron chi connectivity index (χ2n) is 6.07. The fraction of sp³-hybridized carbons (Fsp3) is 0.400. The van der Waals surface area contributed by atoms with Gasteiger partial charge in [0.05, 0.1) is 16.8 Å². The first kappa shape index (κ1) is 16.4. The number of H-pyrrole nitrogens is 1. The van der Waals surface area contributed by atoms with Gasteiger partial charge in [0.2, 0.25) is 0 Å². The Balaban J connectivity index is 2.76. The van der Waals surface area contributed by atoms with E-state index in [-0.39, 0.29) is 12.2 Å². The number of hydrogen-bond donors (Lipinski definition) is 2. The van der Waals surface area contributed by atoms with Crippen molar-refractivity contribution in [2.75, 3.05) is 0 Å². The van der Waals surface area contributed by atoms with Gasteiger partial charge in [-0.05, 0) is 12.1 Å². The second kappa shape index (κ2) is 5.31. The van der Waals surface area contributed by atoms with Crippen LogP contribution in [0.15, 0.2) is 29.1 Å². The molecule has 2 aromatic rings. The Morgan fingerprint density at radius 1 is 1.18 bits per heavy atom. The fourth-order valence-corrected chi connectivity index (χ4v) is 2.36. The molecule has 1 aromatic carbocycles. The summed E-state index contributed by atoms with van der Waals surface area (Å²) < 4.78 is 40.3. The van der Waals surface area contributed by atoms with Crippen LogP contribution in [-0.4, -0.2) is 9.78 Å². The summed E-state index contributed by atoms with van der Waals surface area (Å²) in [5, 5.41) is 2.79. The molecule has 0 unspecified atom stereocenters. The molecule has 0 saturated carbocycles. The highest BCUT2D eigenvalue weighted by molar-refractivity contribution is 5.43. The highest BCUT2D eigenvalue weighted by atomic mass is 19.4. The van der Waals surface area contributed by atoms with Gasteiger partial charge in [0.15, 0.2) is 0 Å². The summed E-state index contributed by atoms with van der Waals surface area (Å²) in [5.41, 5.74) is 4.35. The largest absolute Gasteiger partial charge is 0.418 e. The van der Waals surface area contributed by atoms with E-state index in [1.165, 1.54) is 18.2 Å². The summed E-state index contributed by atoms with van der Waals surface area (Å²) >= 11 is 0. The first-order valence-electron chi connectivity index (χ1n) is 6.78. The quantitative estimate of drug-likeness (QED) is 0.895. The first-order valence-corrected chi connectivity index (χ1v) is 6.78. The lowest BCUT2D eigenvalue weighted by atomic mass is 9.89. The van der Waals surface area contributed by atoms with Crippen LogP contribution in [0.5, 0.6) is 0 Å². The molecule has 0 spiro atoms. The molecular formula is C15H18F3N3O. The van der Waals surface area contributed by atoms with Gasteiger partial charge < -0.3 is 5.73 Å². The van der Waals surface area contributed by atoms with Gasteiger partial charge in [0.25, 0.3) is 5.56 Å². The smallest absolute Gasteiger partial charge is 0.326 e. The molecule has 0 radical (unpaired) electrons. The molecule has 1 heterocycles. The zero-order valence-electron chi connectivity index (χ0n) is 12.6. The summed E-state index contributed by atoms with van der Waals surface area (Å²) in [6.07, 6.45) is -4.55. The molecule has 0 bridgehead atoms. The van der Waals surface area contributed by atoms with Crippen LogP contribution in [-0.2, 0) is 18.1 Å². The van der Waals surface area contributed by atoms with Gasteiger partial charge in [-0.2, -0.15) is 13.2 Å². The predicted octanol–water partition coefficient (Wildman–Crippen LogP) is 2.94. The first-order chi connectivity index (χ1) is 10.1. The molecule has 1 aromatic heterocycles. The molecule has 22 heavy (non-hydrogen) atoms. The third kappa shape index (κ3) is 2.81. The van der Waals surface area contributed by atoms with Gasteiger partial charge >= 0.3 is 6.18 Å². The number of alkyl halides is 3. The summed E-state index contributed by atoms with van der Waals surface area (Å²) in [6, 6.07) is 4.94. The number of nitrogens with one attached hydrogen (secondary N) is 1. The number of para-hydroxylation sites is 1. The Kier molecular flexibility index (Phi) is 3.95. The van der Waals surface area contributed by atoms with Crippen LogP contribution in [0.25, 0.3) is 5.69 Å². The number of benzene rings is 1. The van der Waals surface area contributed by atoms with Crippen LogP contribution in [0.2, 0.25) is 0 Å². The maximum atomic E-state index is 13.1. The minimum Gasteiger partial charge on any atom is -0.326 e. The standard InChI is InChI=1S/C15H18F3N3O/c1-14(2,3)12-9(8-19)13(22)21(20-12)11-7-5-4-6-10(11)15(16,17)18/h4-7,20H,8,19H2,1-3H3. The average Bonchev–Trinajstić information content (AvgIpc) is 2.74. The maximum absolute atomic E-state index is 13.1. The highest BCUT2D eigenvalue weighted by Gasteiger charge is 2.35. The lowest BCUT2D eigenvalue weighted by Crippen LogP contribution is -2.22. The van der Waals surface area contributed by atoms with Gasteiger partial charge in [-0.15, -0.1) is 0 Å². The SMILES string of the molecule is CC(C)(C)c1[nH]n(-c2ccccc2C(F)(F)F)c(=O)c1CN. The van der Waals surface area contributed by atoms with Crippen molar-refractivity contribution in [3.8, 4) is 5.69 Å². The Labute approximate surface area is 125 Å². The number of nitrogens with zero attached hydrogens (tertiary/aromatic N) is 1. The summed E-state index contributed by atoms with van der Waals surface area (Å²) in [6.45, 7) is 5.54. The maximum Gasteiger partial charge on any atom is 0.418 e. The lowest BCUT2D eigenvalue weighted by Gasteiger charge is -2.18. The summed E-state index contributed by atoms with van der Waals surface area (Å²) in [7, 11) is 0. The van der Waals surface area contributed by atoms with Crippen LogP contribution >= 0.6 is 0 Å². The van der Waals surface area contributed by atoms with E-state index in [4.69, 9.17) is 5.73 Å². The van der Waals surface area contributed by atoms with Gasteiger partial charge in [-0.25, -0.2) is 4.68 Å². The molecular weight excluding hydrogens is 295 g/mol. The molecule has 7 heteroatoms. The molecule has 2 rings (SSSR count). The van der Waals surface area contributed by atoms with Crippen molar-refractivity contribution in [1.82, 2.24) is 9.78 Å². The van der Waals surface area contributed by atoms with E-state index in [0.29, 0.717) is 11.3 Å². The van der Waals surface area contributed by atoms with Crippen LogP contribution in [0.1, 0.15) is 37.6 Å². The van der Waals surface area contributed by atoms with Gasteiger partial charge in [0.1, 0.15) is 0 Å². The fourth-order valence-electron chi connectivity index (χ4n) is 2.36. The topological polar surface area (TPSA) is 63.8 Å². The molecule has 0 fully saturated rings. The minimum absolute atomic E-state index is 0.0386. The lowest BCUT2D eigenvalue weighted by molar-refractivity contribution is -0.137. The van der Waals surface area contributed by atoms with E-state index < -0.39 is 22.7 Å². The van der Waals surface area contributed by atoms with Crippen molar-refractivity contribution in [3.63, 3.8) is 0 Å². The van der Waals surface area contributed by atoms with Crippen molar-refractivity contribution in [3.05, 3.63) is 51.4 Å². The predicted molar refractivity (Wildman–Crippen MR) is 78.0 cm³/mol. The van der Waals surface area contributed by atoms with Crippen molar-refractivity contribution in [1.29, 1.82) is 0 Å². The number of aromatic nitrogens is 2. The summed E-state index contributed by atoms with van der Waals surface area (Å²) in [4.78, 5) is 12.4. The number of hydrogen-bond acceptors (Lipinski definition) is 2. The van der Waals surface area contributed by atoms with Crippen molar-refractivity contribution < 1.29 is 13.2 Å². The summed E-state index contributed by atoms with van der Waals surface area (Å²) in [5.74, 6) is 0. The molecule has 4 nitrogen and oxygen atoms in total. The van der Waals surface area contributed by atoms with E-state index in [0.717, 1.165) is 10.7 Å². The number of rotatable bonds is 2. The number of halogens is 3. The van der Waals surface area contributed by atoms with Crippen LogP contribution in [0, 0.1) is 0 Å². The van der Waals surface area contributed by atoms with Crippen LogP contribution < -0.4 is 11.3 Å². The van der Waals surface area contributed by atoms with E-state index >= 15 is 0 Å². The molecule has 0 aliphatic carbocycles. The Morgan fingerprint density at radius 3 is 2.23 bits per heavy atom. The Hall–Kier alpha value is -2.02. The normalized spacial score (nSPS) is 12.7. The van der Waals surface area contributed by atoms with E-state index in [1.54, 1.807) is 0 Å². The second-order valence-corrected chi connectivity index (χ2v) is 6.07. The Bertz CT molecular complexity index is 736. The van der Waals surface area contributed by atoms with Gasteiger partial charge in [0, 0.05) is 17.7 Å². The highest BCUT2D eigenvalue weighted by Crippen LogP contribution is 2.33. The average molecular weight is 313 g/mol. The molecule has 0 aliphatic heterocycles. The van der Waals surface area contributed by atoms with Crippen molar-refractivity contribution in [2.24, 2.45) is 5.73 Å². The van der Waals surface area contributed by atoms with Crippen LogP contribution in [0.4, 0.5) is 13.2 Å². The van der Waals surface area contributed by atoms with Gasteiger partial charge in [-0.3, -0.25) is 9.89 Å². The molecule has 0 amide bonds. The van der Waals surface area contributed by atoms with Crippen LogP contribution in [0.3, 0.4) is 0 Å². The van der Waals surface area contributed by atoms with Crippen molar-refractivity contribution >= 4 is 0 Å². The van der Waals surface area contributed by atoms with E-state index in [9.17, 15) is 18.0 Å². The number of aromatic amines is 1. The zero-order valence-corrected chi connectivity index (χ0v) is 12.6. The third-order valence-corrected chi connectivity index (χ3v) is 3.39. The monoisotopic (exact) mass is 313 g/mol. The Morgan fingerprint density at radius 2 is 1.77 bits per heavy atom. The molecule has 0 saturated heterocycles. The minimum atomic E-state index is -4.55. The third-order valence-electron chi connectivity index (χ3n) is 3.39. The van der Waals surface area contributed by atoms with E-state index in [1.807, 2.05) is 20.8 Å². The van der Waals surface area contributed by atoms with E-state index in [2.05, 4.69) is 5.10 Å². The molecule has 3 N–H and O–H groups in total. The van der Waals surface area contributed by atoms with Gasteiger partial charge in [-0.1, -0.05) is 32.9 Å². The molecule has 0 atom stereocenters. The molecule has 120 valence electrons. The zero-order chi connectivity index (χ0) is 16.7. The number of nitrogens with two attached hydrogens (primary N) is 1. The van der Waals surface area contributed by atoms with Crippen molar-refractivity contribution in [2.45, 2.75) is 38.9 Å². The molecule has 0 aliphatic rings.